The predicted octanol–water partition coefficient (Wildman–Crippen LogP) is 0.588. The molecule has 2 amide bonds. The van der Waals surface area contributed by atoms with Gasteiger partial charge in [0.05, 0.1) is 0 Å². The van der Waals surface area contributed by atoms with Gasteiger partial charge in [0.15, 0.2) is 0 Å². The highest BCUT2D eigenvalue weighted by Crippen LogP contribution is 2.19. The number of likely N-dealkylation sites (tertiary alicyclic amines) is 2. The molecule has 2 N–H and O–H groups in total. The number of nitrogens with one attached hydrogen (secondary N) is 1. The van der Waals surface area contributed by atoms with Gasteiger partial charge in [0, 0.05) is 32.6 Å². The maximum atomic E-state index is 11.9. The number of carbonyl (C=O) groups is 2. The van der Waals surface area contributed by atoms with Gasteiger partial charge in [0.1, 0.15) is 0 Å². The summed E-state index contributed by atoms with van der Waals surface area (Å²) < 4.78 is 0. The summed E-state index contributed by atoms with van der Waals surface area (Å²) in [7, 11) is 0. The number of carboxylic acid groups (broad SMARTS) is 1. The lowest BCUT2D eigenvalue weighted by Gasteiger charge is -2.19. The molecule has 0 radical (unpaired) electrons. The van der Waals surface area contributed by atoms with Crippen molar-refractivity contribution in [3.8, 4) is 0 Å². The van der Waals surface area contributed by atoms with Crippen molar-refractivity contribution in [2.75, 3.05) is 39.3 Å². The Morgan fingerprint density at radius 3 is 2.63 bits per heavy atom. The van der Waals surface area contributed by atoms with Crippen molar-refractivity contribution in [2.24, 2.45) is 5.92 Å². The number of hydrogen-bond acceptors (Lipinski definition) is 3. The van der Waals surface area contributed by atoms with Crippen LogP contribution in [0.25, 0.3) is 0 Å². The van der Waals surface area contributed by atoms with Crippen LogP contribution >= 0.6 is 0 Å². The van der Waals surface area contributed by atoms with Crippen LogP contribution in [0, 0.1) is 5.92 Å². The van der Waals surface area contributed by atoms with Gasteiger partial charge in [-0.05, 0) is 38.3 Å². The molecule has 2 aliphatic rings. The minimum atomic E-state index is -0.777. The Morgan fingerprint density at radius 2 is 1.95 bits per heavy atom. The van der Waals surface area contributed by atoms with E-state index in [0.29, 0.717) is 19.6 Å². The molecule has 6 heteroatoms. The fourth-order valence-electron chi connectivity index (χ4n) is 2.87. The summed E-state index contributed by atoms with van der Waals surface area (Å²) in [6.07, 6.45) is 3.48. The summed E-state index contributed by atoms with van der Waals surface area (Å²) >= 11 is 0. The molecule has 0 aliphatic carbocycles. The zero-order valence-electron chi connectivity index (χ0n) is 11.3. The van der Waals surface area contributed by atoms with Gasteiger partial charge in [-0.2, -0.15) is 0 Å². The first-order valence-corrected chi connectivity index (χ1v) is 7.12. The monoisotopic (exact) mass is 269 g/mol. The molecule has 2 fully saturated rings. The minimum Gasteiger partial charge on any atom is -0.481 e. The van der Waals surface area contributed by atoms with Gasteiger partial charge < -0.3 is 20.2 Å². The fraction of sp³-hybridized carbons (Fsp3) is 0.846. The van der Waals surface area contributed by atoms with Gasteiger partial charge in [-0.15, -0.1) is 0 Å². The zero-order valence-corrected chi connectivity index (χ0v) is 11.3. The third kappa shape index (κ3) is 4.38. The van der Waals surface area contributed by atoms with Crippen LogP contribution in [0.5, 0.6) is 0 Å². The molecule has 108 valence electrons. The molecule has 2 heterocycles. The van der Waals surface area contributed by atoms with E-state index in [4.69, 9.17) is 5.11 Å². The molecular formula is C13H23N3O3. The van der Waals surface area contributed by atoms with Crippen LogP contribution in [-0.4, -0.2) is 66.2 Å². The third-order valence-corrected chi connectivity index (χ3v) is 3.94. The van der Waals surface area contributed by atoms with Crippen LogP contribution in [-0.2, 0) is 4.79 Å². The molecule has 2 aliphatic heterocycles. The van der Waals surface area contributed by atoms with Crippen molar-refractivity contribution in [3.05, 3.63) is 0 Å². The average Bonchev–Trinajstić information content (AvgIpc) is 2.99. The maximum Gasteiger partial charge on any atom is 0.317 e. The lowest BCUT2D eigenvalue weighted by Crippen LogP contribution is -2.41. The predicted molar refractivity (Wildman–Crippen MR) is 71.0 cm³/mol. The normalized spacial score (nSPS) is 23.8. The van der Waals surface area contributed by atoms with Crippen molar-refractivity contribution in [1.82, 2.24) is 15.1 Å². The highest BCUT2D eigenvalue weighted by atomic mass is 16.4. The molecule has 1 unspecified atom stereocenters. The van der Waals surface area contributed by atoms with Crippen LogP contribution in [0.15, 0.2) is 0 Å². The summed E-state index contributed by atoms with van der Waals surface area (Å²) in [5.74, 6) is -0.664. The molecule has 0 bridgehead atoms. The molecule has 2 rings (SSSR count). The van der Waals surface area contributed by atoms with Crippen LogP contribution in [0.4, 0.5) is 4.79 Å². The molecule has 0 saturated carbocycles. The molecule has 2 saturated heterocycles. The first-order chi connectivity index (χ1) is 9.15. The molecule has 19 heavy (non-hydrogen) atoms. The van der Waals surface area contributed by atoms with E-state index in [1.165, 1.54) is 12.8 Å². The van der Waals surface area contributed by atoms with Crippen molar-refractivity contribution in [1.29, 1.82) is 0 Å². The number of nitrogens with zero attached hydrogens (tertiary/aromatic N) is 2. The van der Waals surface area contributed by atoms with E-state index in [2.05, 4.69) is 10.2 Å². The van der Waals surface area contributed by atoms with Gasteiger partial charge in [-0.1, -0.05) is 0 Å². The molecule has 6 nitrogen and oxygen atoms in total. The van der Waals surface area contributed by atoms with Crippen molar-refractivity contribution >= 4 is 12.0 Å². The van der Waals surface area contributed by atoms with Crippen LogP contribution < -0.4 is 5.32 Å². The average molecular weight is 269 g/mol. The number of carbonyl (C=O) groups excluding carboxylic acids is 1. The highest BCUT2D eigenvalue weighted by molar-refractivity contribution is 5.74. The van der Waals surface area contributed by atoms with Crippen molar-refractivity contribution < 1.29 is 14.7 Å². The van der Waals surface area contributed by atoms with E-state index < -0.39 is 5.97 Å². The first-order valence-electron chi connectivity index (χ1n) is 7.12. The number of amides is 2. The van der Waals surface area contributed by atoms with Crippen LogP contribution in [0.3, 0.4) is 0 Å². The molecule has 0 aromatic carbocycles. The number of aliphatic carboxylic acids is 1. The third-order valence-electron chi connectivity index (χ3n) is 3.94. The number of hydrogen-bond donors (Lipinski definition) is 2. The molecular weight excluding hydrogens is 246 g/mol. The summed E-state index contributed by atoms with van der Waals surface area (Å²) in [6, 6.07) is -0.0490. The SMILES string of the molecule is O=C(O)CC1CCN(C(=O)NCCN2CCCC2)C1. The van der Waals surface area contributed by atoms with E-state index >= 15 is 0 Å². The van der Waals surface area contributed by atoms with Crippen molar-refractivity contribution in [3.63, 3.8) is 0 Å². The Hall–Kier alpha value is -1.30. The lowest BCUT2D eigenvalue weighted by atomic mass is 10.1. The van der Waals surface area contributed by atoms with E-state index in [1.54, 1.807) is 4.90 Å². The molecule has 0 spiro atoms. The standard InChI is InChI=1S/C13H23N3O3/c17-12(18)9-11-3-7-16(10-11)13(19)14-4-8-15-5-1-2-6-15/h11H,1-10H2,(H,14,19)(H,17,18). The fourth-order valence-corrected chi connectivity index (χ4v) is 2.87. The van der Waals surface area contributed by atoms with Gasteiger partial charge in [0.25, 0.3) is 0 Å². The second-order valence-electron chi connectivity index (χ2n) is 5.48. The summed E-state index contributed by atoms with van der Waals surface area (Å²) in [6.45, 7) is 5.12. The van der Waals surface area contributed by atoms with E-state index in [0.717, 1.165) is 26.1 Å². The van der Waals surface area contributed by atoms with E-state index in [-0.39, 0.29) is 18.4 Å². The molecule has 0 aromatic rings. The second kappa shape index (κ2) is 6.75. The Labute approximate surface area is 113 Å². The molecule has 1 atom stereocenters. The topological polar surface area (TPSA) is 72.9 Å². The maximum absolute atomic E-state index is 11.9. The summed E-state index contributed by atoms with van der Waals surface area (Å²) in [4.78, 5) is 26.6. The Morgan fingerprint density at radius 1 is 1.21 bits per heavy atom. The summed E-state index contributed by atoms with van der Waals surface area (Å²) in [5, 5.41) is 11.7. The van der Waals surface area contributed by atoms with Crippen molar-refractivity contribution in [2.45, 2.75) is 25.7 Å². The minimum absolute atomic E-state index is 0.0490. The van der Waals surface area contributed by atoms with E-state index in [1.807, 2.05) is 0 Å². The quantitative estimate of drug-likeness (QED) is 0.766. The smallest absolute Gasteiger partial charge is 0.317 e. The van der Waals surface area contributed by atoms with E-state index in [9.17, 15) is 9.59 Å². The lowest BCUT2D eigenvalue weighted by molar-refractivity contribution is -0.138. The molecule has 0 aromatic heterocycles. The number of rotatable bonds is 5. The Bertz CT molecular complexity index is 329. The number of urea groups is 1. The first kappa shape index (κ1) is 14.1. The van der Waals surface area contributed by atoms with Crippen LogP contribution in [0.1, 0.15) is 25.7 Å². The Kier molecular flexibility index (Phi) is 5.01. The van der Waals surface area contributed by atoms with Gasteiger partial charge in [-0.25, -0.2) is 4.79 Å². The summed E-state index contributed by atoms with van der Waals surface area (Å²) in [5.41, 5.74) is 0. The van der Waals surface area contributed by atoms with Gasteiger partial charge in [0.2, 0.25) is 0 Å². The largest absolute Gasteiger partial charge is 0.481 e. The van der Waals surface area contributed by atoms with Gasteiger partial charge in [-0.3, -0.25) is 4.79 Å². The zero-order chi connectivity index (χ0) is 13.7. The number of carboxylic acids is 1. The van der Waals surface area contributed by atoms with Gasteiger partial charge >= 0.3 is 12.0 Å². The highest BCUT2D eigenvalue weighted by Gasteiger charge is 2.27. The Balaban J connectivity index is 1.62. The second-order valence-corrected chi connectivity index (χ2v) is 5.48. The van der Waals surface area contributed by atoms with Crippen LogP contribution in [0.2, 0.25) is 0 Å².